The van der Waals surface area contributed by atoms with Crippen molar-refractivity contribution in [2.75, 3.05) is 13.2 Å². The first-order chi connectivity index (χ1) is 2.81. The van der Waals surface area contributed by atoms with Crippen molar-refractivity contribution >= 4 is 0 Å². The molecule has 0 atom stereocenters. The Morgan fingerprint density at radius 1 is 1.11 bits per heavy atom. The molecule has 0 saturated heterocycles. The monoisotopic (exact) mass is 166 g/mol. The number of rotatable bonds is 2. The van der Waals surface area contributed by atoms with Crippen LogP contribution < -0.4 is 51.4 Å². The van der Waals surface area contributed by atoms with E-state index in [0.717, 1.165) is 0 Å². The SMILES string of the molecule is O.OCC(O)CO.[K+].[OH-]. The van der Waals surface area contributed by atoms with Gasteiger partial charge in [-0.05, 0) is 0 Å². The molecule has 9 heavy (non-hydrogen) atoms. The largest absolute Gasteiger partial charge is 1.00 e. The summed E-state index contributed by atoms with van der Waals surface area (Å²) in [6, 6.07) is 0. The zero-order valence-corrected chi connectivity index (χ0v) is 8.40. The van der Waals surface area contributed by atoms with Gasteiger partial charge >= 0.3 is 51.4 Å². The summed E-state index contributed by atoms with van der Waals surface area (Å²) in [4.78, 5) is 0. The van der Waals surface area contributed by atoms with Crippen molar-refractivity contribution in [3.63, 3.8) is 0 Å². The van der Waals surface area contributed by atoms with Crippen LogP contribution in [0.1, 0.15) is 0 Å². The summed E-state index contributed by atoms with van der Waals surface area (Å²) < 4.78 is 0. The molecule has 0 radical (unpaired) electrons. The van der Waals surface area contributed by atoms with E-state index in [2.05, 4.69) is 0 Å². The summed E-state index contributed by atoms with van der Waals surface area (Å²) in [7, 11) is 0. The van der Waals surface area contributed by atoms with Gasteiger partial charge in [-0.25, -0.2) is 0 Å². The van der Waals surface area contributed by atoms with Crippen molar-refractivity contribution in [3.05, 3.63) is 0 Å². The van der Waals surface area contributed by atoms with Crippen LogP contribution in [-0.4, -0.2) is 45.6 Å². The smallest absolute Gasteiger partial charge is 0.870 e. The van der Waals surface area contributed by atoms with Crippen LogP contribution in [0.5, 0.6) is 0 Å². The number of aliphatic hydroxyl groups excluding tert-OH is 3. The summed E-state index contributed by atoms with van der Waals surface area (Å²) in [5.74, 6) is 0. The maximum atomic E-state index is 8.17. The molecule has 6 heteroatoms. The Labute approximate surface area is 95.7 Å². The second kappa shape index (κ2) is 16.2. The first-order valence-electron chi connectivity index (χ1n) is 1.71. The molecule has 0 aliphatic rings. The van der Waals surface area contributed by atoms with Gasteiger partial charge < -0.3 is 26.3 Å². The molecule has 0 bridgehead atoms. The molecule has 0 rings (SSSR count). The fraction of sp³-hybridized carbons (Fsp3) is 1.00. The van der Waals surface area contributed by atoms with Crippen LogP contribution in [-0.2, 0) is 0 Å². The molecule has 0 aromatic heterocycles. The van der Waals surface area contributed by atoms with Gasteiger partial charge in [0.2, 0.25) is 0 Å². The topological polar surface area (TPSA) is 122 Å². The van der Waals surface area contributed by atoms with Crippen LogP contribution in [0.3, 0.4) is 0 Å². The average Bonchev–Trinajstić information content (AvgIpc) is 1.65. The molecule has 0 fully saturated rings. The fourth-order valence-electron chi connectivity index (χ4n) is 0.0577. The Morgan fingerprint density at radius 3 is 1.33 bits per heavy atom. The summed E-state index contributed by atoms with van der Waals surface area (Å²) in [5.41, 5.74) is 0. The van der Waals surface area contributed by atoms with E-state index in [9.17, 15) is 0 Å². The van der Waals surface area contributed by atoms with Crippen LogP contribution in [0.15, 0.2) is 0 Å². The molecule has 0 aromatic carbocycles. The van der Waals surface area contributed by atoms with Crippen molar-refractivity contribution in [2.24, 2.45) is 0 Å². The van der Waals surface area contributed by atoms with Gasteiger partial charge in [0, 0.05) is 0 Å². The number of hydrogen-bond donors (Lipinski definition) is 3. The Balaban J connectivity index is -0.0000000417. The van der Waals surface area contributed by atoms with Crippen LogP contribution in [0.4, 0.5) is 0 Å². The molecule has 0 aliphatic heterocycles. The van der Waals surface area contributed by atoms with Gasteiger partial charge in [-0.2, -0.15) is 0 Å². The molecule has 0 saturated carbocycles. The zero-order chi connectivity index (χ0) is 4.99. The molecule has 0 amide bonds. The molecule has 0 aliphatic carbocycles. The van der Waals surface area contributed by atoms with Gasteiger partial charge in [0.1, 0.15) is 6.10 Å². The van der Waals surface area contributed by atoms with Crippen molar-refractivity contribution in [1.29, 1.82) is 0 Å². The Kier molecular flexibility index (Phi) is 40.4. The van der Waals surface area contributed by atoms with Crippen molar-refractivity contribution in [2.45, 2.75) is 6.10 Å². The standard InChI is InChI=1S/C3H8O3.K.2H2O/c4-1-3(6)2-5;;;/h3-6H,1-2H2;;2*1H2/q;+1;;/p-1. The van der Waals surface area contributed by atoms with E-state index in [1.165, 1.54) is 0 Å². The van der Waals surface area contributed by atoms with E-state index in [0.29, 0.717) is 0 Å². The van der Waals surface area contributed by atoms with Crippen LogP contribution in [0, 0.1) is 0 Å². The maximum Gasteiger partial charge on any atom is 1.00 e. The van der Waals surface area contributed by atoms with Gasteiger partial charge in [0.25, 0.3) is 0 Å². The second-order valence-electron chi connectivity index (χ2n) is 1.02. The molecule has 0 aromatic rings. The molecule has 54 valence electrons. The minimum Gasteiger partial charge on any atom is -0.870 e. The minimum atomic E-state index is -0.954. The normalized spacial score (nSPS) is 6.67. The summed E-state index contributed by atoms with van der Waals surface area (Å²) >= 11 is 0. The molecule has 5 nitrogen and oxygen atoms in total. The first-order valence-corrected chi connectivity index (χ1v) is 1.71. The third-order valence-corrected chi connectivity index (χ3v) is 0.421. The molecular weight excluding hydrogens is 155 g/mol. The molecule has 0 unspecified atom stereocenters. The van der Waals surface area contributed by atoms with Gasteiger partial charge in [-0.15, -0.1) is 0 Å². The molecule has 6 N–H and O–H groups in total. The van der Waals surface area contributed by atoms with Crippen molar-refractivity contribution in [3.8, 4) is 0 Å². The van der Waals surface area contributed by atoms with Crippen molar-refractivity contribution in [1.82, 2.24) is 0 Å². The number of hydrogen-bond acceptors (Lipinski definition) is 4. The van der Waals surface area contributed by atoms with Gasteiger partial charge in [-0.3, -0.25) is 0 Å². The van der Waals surface area contributed by atoms with E-state index in [1.54, 1.807) is 0 Å². The van der Waals surface area contributed by atoms with E-state index in [4.69, 9.17) is 15.3 Å². The molecular formula is C3H11KO5. The summed E-state index contributed by atoms with van der Waals surface area (Å²) in [6.07, 6.45) is -0.954. The minimum absolute atomic E-state index is 0. The summed E-state index contributed by atoms with van der Waals surface area (Å²) in [6.45, 7) is -0.729. The third-order valence-electron chi connectivity index (χ3n) is 0.421. The average molecular weight is 166 g/mol. The van der Waals surface area contributed by atoms with E-state index in [-0.39, 0.29) is 75.6 Å². The first kappa shape index (κ1) is 22.4. The predicted octanol–water partition coefficient (Wildman–Crippen LogP) is -5.67. The van der Waals surface area contributed by atoms with Crippen LogP contribution in [0.2, 0.25) is 0 Å². The molecule has 0 spiro atoms. The maximum absolute atomic E-state index is 8.17. The van der Waals surface area contributed by atoms with Crippen molar-refractivity contribution < 1.29 is 77.7 Å². The summed E-state index contributed by atoms with van der Waals surface area (Å²) in [5, 5.41) is 24.0. The quantitative estimate of drug-likeness (QED) is 0.354. The van der Waals surface area contributed by atoms with Gasteiger partial charge in [0.05, 0.1) is 13.2 Å². The predicted molar refractivity (Wildman–Crippen MR) is 25.7 cm³/mol. The second-order valence-corrected chi connectivity index (χ2v) is 1.02. The third kappa shape index (κ3) is 17.7. The zero-order valence-electron chi connectivity index (χ0n) is 5.28. The Bertz CT molecular complexity index is 31.4. The van der Waals surface area contributed by atoms with Gasteiger partial charge in [-0.1, -0.05) is 0 Å². The van der Waals surface area contributed by atoms with E-state index >= 15 is 0 Å². The Morgan fingerprint density at radius 2 is 1.33 bits per heavy atom. The van der Waals surface area contributed by atoms with Crippen LogP contribution >= 0.6 is 0 Å². The van der Waals surface area contributed by atoms with E-state index in [1.807, 2.05) is 0 Å². The van der Waals surface area contributed by atoms with Gasteiger partial charge in [0.15, 0.2) is 0 Å². The number of aliphatic hydroxyl groups is 3. The molecule has 0 heterocycles. The van der Waals surface area contributed by atoms with Crippen LogP contribution in [0.25, 0.3) is 0 Å². The van der Waals surface area contributed by atoms with E-state index < -0.39 is 6.10 Å². The fourth-order valence-corrected chi connectivity index (χ4v) is 0.0577. The Hall–Kier alpha value is 1.44.